The van der Waals surface area contributed by atoms with Crippen molar-refractivity contribution in [3.8, 4) is 0 Å². The summed E-state index contributed by atoms with van der Waals surface area (Å²) in [5.74, 6) is 0. The molecule has 24 heavy (non-hydrogen) atoms. The first-order valence-electron chi connectivity index (χ1n) is 8.05. The number of nitrogens with one attached hydrogen (secondary N) is 2. The second-order valence-corrected chi connectivity index (χ2v) is 6.11. The summed E-state index contributed by atoms with van der Waals surface area (Å²) in [7, 11) is 4.25. The quantitative estimate of drug-likeness (QED) is 0.761. The maximum atomic E-state index is 7.65. The number of hydrogen-bond donors (Lipinski definition) is 2. The zero-order chi connectivity index (χ0) is 17.5. The Labute approximate surface area is 144 Å². The Balaban J connectivity index is 2.33. The van der Waals surface area contributed by atoms with Gasteiger partial charge in [0.25, 0.3) is 0 Å². The van der Waals surface area contributed by atoms with Gasteiger partial charge in [-0.15, -0.1) is 0 Å². The van der Waals surface area contributed by atoms with E-state index in [0.29, 0.717) is 11.6 Å². The van der Waals surface area contributed by atoms with E-state index in [0.717, 1.165) is 36.4 Å². The second-order valence-electron chi connectivity index (χ2n) is 6.11. The fraction of sp³-hybridized carbons (Fsp3) is 0.389. The van der Waals surface area contributed by atoms with Crippen LogP contribution in [0.3, 0.4) is 0 Å². The molecule has 0 aromatic carbocycles. The molecule has 2 heterocycles. The minimum absolute atomic E-state index is 0.521. The zero-order valence-electron chi connectivity index (χ0n) is 14.5. The van der Waals surface area contributed by atoms with Gasteiger partial charge < -0.3 is 15.2 Å². The summed E-state index contributed by atoms with van der Waals surface area (Å²) in [4.78, 5) is 8.42. The predicted octanol–water partition coefficient (Wildman–Crippen LogP) is 2.16. The van der Waals surface area contributed by atoms with Crippen LogP contribution in [0.4, 0.5) is 0 Å². The van der Waals surface area contributed by atoms with E-state index in [-0.39, 0.29) is 0 Å². The monoisotopic (exact) mass is 326 g/mol. The summed E-state index contributed by atoms with van der Waals surface area (Å²) >= 11 is 0. The van der Waals surface area contributed by atoms with Gasteiger partial charge in [-0.1, -0.05) is 6.58 Å². The Morgan fingerprint density at radius 3 is 3.00 bits per heavy atom. The number of hydrazone groups is 1. The lowest BCUT2D eigenvalue weighted by Crippen LogP contribution is -2.45. The number of piperidine rings is 1. The SMILES string of the molecule is C=N/C=C(C=N)/C1=C/N/N=C\C=C(\N2CCCC(N(C)C)C2)C1=C. The number of likely N-dealkylation sites (N-methyl/N-ethyl adjacent to an activating group) is 1. The fourth-order valence-corrected chi connectivity index (χ4v) is 3.01. The molecular weight excluding hydrogens is 300 g/mol. The first kappa shape index (κ1) is 17.9. The van der Waals surface area contributed by atoms with Gasteiger partial charge in [0.15, 0.2) is 0 Å². The molecule has 0 amide bonds. The molecule has 0 radical (unpaired) electrons. The van der Waals surface area contributed by atoms with Crippen molar-refractivity contribution in [3.05, 3.63) is 47.5 Å². The van der Waals surface area contributed by atoms with Crippen molar-refractivity contribution in [1.29, 1.82) is 5.41 Å². The maximum absolute atomic E-state index is 7.65. The van der Waals surface area contributed by atoms with Gasteiger partial charge in [0.2, 0.25) is 0 Å². The highest BCUT2D eigenvalue weighted by atomic mass is 15.3. The van der Waals surface area contributed by atoms with Gasteiger partial charge in [-0.05, 0) is 39.7 Å². The van der Waals surface area contributed by atoms with E-state index < -0.39 is 0 Å². The van der Waals surface area contributed by atoms with Crippen molar-refractivity contribution in [2.24, 2.45) is 10.1 Å². The van der Waals surface area contributed by atoms with Gasteiger partial charge in [0.1, 0.15) is 0 Å². The normalized spacial score (nSPS) is 28.0. The Morgan fingerprint density at radius 2 is 2.33 bits per heavy atom. The van der Waals surface area contributed by atoms with Crippen LogP contribution >= 0.6 is 0 Å². The first-order chi connectivity index (χ1) is 11.6. The van der Waals surface area contributed by atoms with E-state index in [2.05, 4.69) is 52.7 Å². The van der Waals surface area contributed by atoms with Crippen LogP contribution in [-0.4, -0.2) is 62.2 Å². The Kier molecular flexibility index (Phi) is 6.26. The number of aliphatic imine (C=N–C) groups is 1. The number of nitrogens with zero attached hydrogens (tertiary/aromatic N) is 4. The maximum Gasteiger partial charge on any atom is 0.0492 e. The summed E-state index contributed by atoms with van der Waals surface area (Å²) in [6.45, 7) is 9.70. The molecule has 0 saturated carbocycles. The average molecular weight is 326 g/mol. The van der Waals surface area contributed by atoms with Crippen LogP contribution in [-0.2, 0) is 0 Å². The molecule has 0 aliphatic carbocycles. The average Bonchev–Trinajstić information content (AvgIpc) is 2.57. The molecule has 1 atom stereocenters. The molecule has 2 N–H and O–H groups in total. The molecule has 0 spiro atoms. The minimum Gasteiger partial charge on any atom is -0.369 e. The lowest BCUT2D eigenvalue weighted by molar-refractivity contribution is 0.163. The third-order valence-corrected chi connectivity index (χ3v) is 4.39. The van der Waals surface area contributed by atoms with E-state index in [4.69, 9.17) is 5.41 Å². The topological polar surface area (TPSA) is 67.1 Å². The zero-order valence-corrected chi connectivity index (χ0v) is 14.5. The Bertz CT molecular complexity index is 623. The molecule has 0 bridgehead atoms. The van der Waals surface area contributed by atoms with Gasteiger partial charge in [0.05, 0.1) is 0 Å². The van der Waals surface area contributed by atoms with E-state index in [1.54, 1.807) is 18.6 Å². The van der Waals surface area contributed by atoms with Crippen LogP contribution in [0.1, 0.15) is 12.8 Å². The van der Waals surface area contributed by atoms with E-state index in [1.165, 1.54) is 12.6 Å². The lowest BCUT2D eigenvalue weighted by Gasteiger charge is -2.39. The largest absolute Gasteiger partial charge is 0.369 e. The van der Waals surface area contributed by atoms with Crippen molar-refractivity contribution in [2.45, 2.75) is 18.9 Å². The van der Waals surface area contributed by atoms with Crippen LogP contribution in [0.5, 0.6) is 0 Å². The standard InChI is InChI=1S/C18H26N6/c1-14-17(15(10-19)11-20-2)12-22-21-8-7-18(14)24-9-5-6-16(13-24)23(3)4/h7-8,10-12,16,19,22H,1-2,5-6,9,13H2,3-4H3/b15-11+,17-12+,18-7+,19-10?,21-8-. The molecule has 2 aliphatic heterocycles. The molecule has 1 saturated heterocycles. The molecule has 2 aliphatic rings. The van der Waals surface area contributed by atoms with Crippen molar-refractivity contribution >= 4 is 19.1 Å². The van der Waals surface area contributed by atoms with Gasteiger partial charge >= 0.3 is 0 Å². The van der Waals surface area contributed by atoms with Crippen LogP contribution in [0.2, 0.25) is 0 Å². The summed E-state index contributed by atoms with van der Waals surface area (Å²) in [5.41, 5.74) is 6.19. The lowest BCUT2D eigenvalue weighted by atomic mass is 9.95. The highest BCUT2D eigenvalue weighted by Gasteiger charge is 2.25. The molecule has 1 fully saturated rings. The van der Waals surface area contributed by atoms with Crippen LogP contribution in [0.15, 0.2) is 57.6 Å². The van der Waals surface area contributed by atoms with Crippen molar-refractivity contribution in [2.75, 3.05) is 27.2 Å². The smallest absolute Gasteiger partial charge is 0.0492 e. The van der Waals surface area contributed by atoms with E-state index >= 15 is 0 Å². The minimum atomic E-state index is 0.521. The highest BCUT2D eigenvalue weighted by molar-refractivity contribution is 5.86. The third kappa shape index (κ3) is 4.08. The molecule has 2 rings (SSSR count). The molecule has 1 unspecified atom stereocenters. The van der Waals surface area contributed by atoms with Crippen LogP contribution in [0, 0.1) is 5.41 Å². The van der Waals surface area contributed by atoms with Crippen molar-refractivity contribution < 1.29 is 0 Å². The molecule has 0 aromatic heterocycles. The highest BCUT2D eigenvalue weighted by Crippen LogP contribution is 2.29. The fourth-order valence-electron chi connectivity index (χ4n) is 3.01. The van der Waals surface area contributed by atoms with Crippen molar-refractivity contribution in [3.63, 3.8) is 0 Å². The number of likely N-dealkylation sites (tertiary alicyclic amines) is 1. The summed E-state index contributed by atoms with van der Waals surface area (Å²) in [6, 6.07) is 0.521. The van der Waals surface area contributed by atoms with Crippen LogP contribution in [0.25, 0.3) is 0 Å². The summed E-state index contributed by atoms with van der Waals surface area (Å²) in [6.07, 6.45) is 10.6. The summed E-state index contributed by atoms with van der Waals surface area (Å²) in [5, 5.41) is 11.8. The second kappa shape index (κ2) is 8.40. The first-order valence-corrected chi connectivity index (χ1v) is 8.05. The molecule has 6 heteroatoms. The van der Waals surface area contributed by atoms with Gasteiger partial charge in [-0.3, -0.25) is 10.4 Å². The van der Waals surface area contributed by atoms with Gasteiger partial charge in [-0.25, -0.2) is 0 Å². The predicted molar refractivity (Wildman–Crippen MR) is 102 cm³/mol. The number of hydrogen-bond acceptors (Lipinski definition) is 6. The van der Waals surface area contributed by atoms with E-state index in [9.17, 15) is 0 Å². The Hall–Kier alpha value is -2.47. The summed E-state index contributed by atoms with van der Waals surface area (Å²) < 4.78 is 0. The third-order valence-electron chi connectivity index (χ3n) is 4.39. The van der Waals surface area contributed by atoms with Crippen molar-refractivity contribution in [1.82, 2.24) is 15.2 Å². The molecule has 6 nitrogen and oxygen atoms in total. The van der Waals surface area contributed by atoms with E-state index in [1.807, 2.05) is 6.08 Å². The molecule has 0 aromatic rings. The van der Waals surface area contributed by atoms with Gasteiger partial charge in [0, 0.05) is 66.4 Å². The number of rotatable bonds is 5. The number of allylic oxidation sites excluding steroid dienone is 3. The van der Waals surface area contributed by atoms with Crippen LogP contribution < -0.4 is 5.43 Å². The molecular formula is C18H26N6. The van der Waals surface area contributed by atoms with Gasteiger partial charge in [-0.2, -0.15) is 5.10 Å². The molecule has 128 valence electrons. The Morgan fingerprint density at radius 1 is 1.54 bits per heavy atom.